The van der Waals surface area contributed by atoms with Gasteiger partial charge in [-0.3, -0.25) is 9.59 Å². The van der Waals surface area contributed by atoms with Gasteiger partial charge in [0, 0.05) is 31.1 Å². The van der Waals surface area contributed by atoms with E-state index in [2.05, 4.69) is 25.5 Å². The second-order valence-corrected chi connectivity index (χ2v) is 7.21. The third-order valence-electron chi connectivity index (χ3n) is 2.81. The summed E-state index contributed by atoms with van der Waals surface area (Å²) in [6, 6.07) is 1.42. The van der Waals surface area contributed by atoms with Crippen LogP contribution in [0.25, 0.3) is 0 Å². The summed E-state index contributed by atoms with van der Waals surface area (Å²) in [4.78, 5) is 30.3. The van der Waals surface area contributed by atoms with Gasteiger partial charge >= 0.3 is 0 Å². The van der Waals surface area contributed by atoms with Crippen molar-refractivity contribution in [2.75, 3.05) is 12.3 Å². The molecule has 0 spiro atoms. The highest BCUT2D eigenvalue weighted by atomic mass is 32.2. The van der Waals surface area contributed by atoms with Gasteiger partial charge in [0.15, 0.2) is 10.3 Å². The van der Waals surface area contributed by atoms with E-state index >= 15 is 0 Å². The molecule has 0 bridgehead atoms. The number of nitrogens with one attached hydrogen (secondary N) is 2. The molecule has 0 radical (unpaired) electrons. The smallest absolute Gasteiger partial charge is 0.251 e. The van der Waals surface area contributed by atoms with E-state index < -0.39 is 0 Å². The summed E-state index contributed by atoms with van der Waals surface area (Å²) >= 11 is 2.75. The monoisotopic (exact) mass is 354 g/mol. The van der Waals surface area contributed by atoms with E-state index in [-0.39, 0.29) is 16.7 Å². The highest BCUT2D eigenvalue weighted by Gasteiger charge is 2.15. The van der Waals surface area contributed by atoms with E-state index in [1.54, 1.807) is 20.2 Å². The van der Waals surface area contributed by atoms with Crippen molar-refractivity contribution in [2.24, 2.45) is 7.05 Å². The van der Waals surface area contributed by atoms with Crippen LogP contribution in [0.15, 0.2) is 27.5 Å². The van der Waals surface area contributed by atoms with Crippen LogP contribution in [-0.4, -0.2) is 48.2 Å². The van der Waals surface area contributed by atoms with Crippen LogP contribution in [-0.2, 0) is 11.8 Å². The number of hydrogen-bond donors (Lipinski definition) is 2. The minimum atomic E-state index is -0.347. The summed E-state index contributed by atoms with van der Waals surface area (Å²) in [6.45, 7) is 4.05. The Kier molecular flexibility index (Phi) is 6.22. The molecule has 2 aromatic rings. The van der Waals surface area contributed by atoms with Crippen LogP contribution in [0.4, 0.5) is 0 Å². The van der Waals surface area contributed by atoms with Crippen molar-refractivity contribution in [2.45, 2.75) is 29.4 Å². The average Bonchev–Trinajstić information content (AvgIpc) is 2.87. The summed E-state index contributed by atoms with van der Waals surface area (Å²) in [5.41, 5.74) is 0.414. The number of aromatic amines is 1. The Bertz CT molecular complexity index is 729. The average molecular weight is 354 g/mol. The summed E-state index contributed by atoms with van der Waals surface area (Å²) in [5, 5.41) is 11.5. The Balaban J connectivity index is 1.76. The molecule has 0 fully saturated rings. The molecule has 10 heteroatoms. The third-order valence-corrected chi connectivity index (χ3v) is 4.83. The van der Waals surface area contributed by atoms with Crippen LogP contribution in [0.1, 0.15) is 12.6 Å². The maximum Gasteiger partial charge on any atom is 0.251 e. The highest BCUT2D eigenvalue weighted by molar-refractivity contribution is 8.00. The zero-order valence-corrected chi connectivity index (χ0v) is 14.7. The van der Waals surface area contributed by atoms with E-state index in [1.165, 1.54) is 29.6 Å². The molecule has 1 amide bonds. The minimum Gasteiger partial charge on any atom is -0.354 e. The predicted molar refractivity (Wildman–Crippen MR) is 89.7 cm³/mol. The van der Waals surface area contributed by atoms with E-state index in [0.29, 0.717) is 23.1 Å². The lowest BCUT2D eigenvalue weighted by Gasteiger charge is -2.11. The third kappa shape index (κ3) is 5.39. The molecule has 1 atom stereocenters. The Hall–Kier alpha value is -1.81. The predicted octanol–water partition coefficient (Wildman–Crippen LogP) is 0.596. The first-order chi connectivity index (χ1) is 11.0. The van der Waals surface area contributed by atoms with Gasteiger partial charge in [-0.2, -0.15) is 0 Å². The number of hydrogen-bond acceptors (Lipinski definition) is 7. The summed E-state index contributed by atoms with van der Waals surface area (Å²) in [5.74, 6) is 0.604. The standard InChI is InChI=1S/C13H18N6O2S2/c1-8-6-10(20)17-12(16-8)23-9(2)11(21)14-4-5-22-13-18-15-7-19(13)3/h6-7,9H,4-5H2,1-3H3,(H,14,21)(H,16,17,20). The molecule has 2 heterocycles. The van der Waals surface area contributed by atoms with Gasteiger partial charge in [-0.15, -0.1) is 10.2 Å². The van der Waals surface area contributed by atoms with E-state index in [9.17, 15) is 9.59 Å². The molecule has 2 aromatic heterocycles. The molecule has 0 aromatic carbocycles. The van der Waals surface area contributed by atoms with Crippen LogP contribution in [0, 0.1) is 6.92 Å². The SMILES string of the molecule is Cc1cc(=O)[nH]c(SC(C)C(=O)NCCSc2nncn2C)n1. The summed E-state index contributed by atoms with van der Waals surface area (Å²) in [6.07, 6.45) is 1.63. The molecule has 8 nitrogen and oxygen atoms in total. The molecule has 0 saturated heterocycles. The van der Waals surface area contributed by atoms with Gasteiger partial charge in [0.05, 0.1) is 5.25 Å². The number of amides is 1. The lowest BCUT2D eigenvalue weighted by atomic mass is 10.4. The number of thioether (sulfide) groups is 2. The molecule has 2 rings (SSSR count). The number of rotatable bonds is 7. The lowest BCUT2D eigenvalue weighted by Crippen LogP contribution is -2.32. The number of nitrogens with zero attached hydrogens (tertiary/aromatic N) is 4. The van der Waals surface area contributed by atoms with Crippen molar-refractivity contribution in [1.29, 1.82) is 0 Å². The Morgan fingerprint density at radius 1 is 1.52 bits per heavy atom. The lowest BCUT2D eigenvalue weighted by molar-refractivity contribution is -0.120. The molecule has 124 valence electrons. The first-order valence-corrected chi connectivity index (χ1v) is 8.81. The first kappa shape index (κ1) is 17.5. The second-order valence-electron chi connectivity index (χ2n) is 4.82. The van der Waals surface area contributed by atoms with Gasteiger partial charge in [-0.05, 0) is 13.8 Å². The van der Waals surface area contributed by atoms with Crippen molar-refractivity contribution in [3.63, 3.8) is 0 Å². The Morgan fingerprint density at radius 3 is 2.96 bits per heavy atom. The van der Waals surface area contributed by atoms with Gasteiger partial charge in [-0.1, -0.05) is 23.5 Å². The minimum absolute atomic E-state index is 0.0993. The summed E-state index contributed by atoms with van der Waals surface area (Å²) in [7, 11) is 1.87. The highest BCUT2D eigenvalue weighted by Crippen LogP contribution is 2.18. The van der Waals surface area contributed by atoms with Crippen LogP contribution >= 0.6 is 23.5 Å². The zero-order valence-electron chi connectivity index (χ0n) is 13.1. The fraction of sp³-hybridized carbons (Fsp3) is 0.462. The summed E-state index contributed by atoms with van der Waals surface area (Å²) < 4.78 is 1.82. The Morgan fingerprint density at radius 2 is 2.30 bits per heavy atom. The van der Waals surface area contributed by atoms with Crippen molar-refractivity contribution in [3.05, 3.63) is 28.4 Å². The Labute approximate surface area is 141 Å². The molecular formula is C13H18N6O2S2. The van der Waals surface area contributed by atoms with Crippen molar-refractivity contribution < 1.29 is 4.79 Å². The fourth-order valence-electron chi connectivity index (χ4n) is 1.69. The maximum absolute atomic E-state index is 12.1. The molecular weight excluding hydrogens is 336 g/mol. The largest absolute Gasteiger partial charge is 0.354 e. The number of carbonyl (C=O) groups is 1. The number of carbonyl (C=O) groups excluding carboxylic acids is 1. The number of aromatic nitrogens is 5. The van der Waals surface area contributed by atoms with Crippen LogP contribution in [0.5, 0.6) is 0 Å². The molecule has 0 saturated carbocycles. The van der Waals surface area contributed by atoms with Crippen molar-refractivity contribution >= 4 is 29.4 Å². The quantitative estimate of drug-likeness (QED) is 0.426. The maximum atomic E-state index is 12.1. The van der Waals surface area contributed by atoms with Crippen LogP contribution < -0.4 is 10.9 Å². The van der Waals surface area contributed by atoms with Gasteiger partial charge in [-0.25, -0.2) is 4.98 Å². The van der Waals surface area contributed by atoms with Crippen molar-refractivity contribution in [3.8, 4) is 0 Å². The van der Waals surface area contributed by atoms with Gasteiger partial charge < -0.3 is 14.9 Å². The fourth-order valence-corrected chi connectivity index (χ4v) is 3.32. The van der Waals surface area contributed by atoms with E-state index in [4.69, 9.17) is 0 Å². The van der Waals surface area contributed by atoms with Crippen LogP contribution in [0.2, 0.25) is 0 Å². The van der Waals surface area contributed by atoms with Crippen molar-refractivity contribution in [1.82, 2.24) is 30.0 Å². The zero-order chi connectivity index (χ0) is 16.8. The number of H-pyrrole nitrogens is 1. The molecule has 1 unspecified atom stereocenters. The van der Waals surface area contributed by atoms with Gasteiger partial charge in [0.2, 0.25) is 5.91 Å². The molecule has 2 N–H and O–H groups in total. The normalized spacial score (nSPS) is 12.1. The molecule has 0 aliphatic carbocycles. The van der Waals surface area contributed by atoms with Crippen LogP contribution in [0.3, 0.4) is 0 Å². The topological polar surface area (TPSA) is 106 Å². The second kappa shape index (κ2) is 8.16. The number of aryl methyl sites for hydroxylation is 2. The van der Waals surface area contributed by atoms with Gasteiger partial charge in [0.25, 0.3) is 5.56 Å². The molecule has 23 heavy (non-hydrogen) atoms. The van der Waals surface area contributed by atoms with Gasteiger partial charge in [0.1, 0.15) is 6.33 Å². The molecule has 0 aliphatic heterocycles. The van der Waals surface area contributed by atoms with E-state index in [0.717, 1.165) is 5.16 Å². The first-order valence-electron chi connectivity index (χ1n) is 6.95. The molecule has 0 aliphatic rings. The van der Waals surface area contributed by atoms with E-state index in [1.807, 2.05) is 11.6 Å².